The van der Waals surface area contributed by atoms with Crippen LogP contribution in [0.4, 0.5) is 4.79 Å². The summed E-state index contributed by atoms with van der Waals surface area (Å²) in [6, 6.07) is 0. The summed E-state index contributed by atoms with van der Waals surface area (Å²) in [5, 5.41) is 0. The summed E-state index contributed by atoms with van der Waals surface area (Å²) in [4.78, 5) is 15.1. The van der Waals surface area contributed by atoms with Crippen LogP contribution in [0.15, 0.2) is 4.99 Å². The van der Waals surface area contributed by atoms with Gasteiger partial charge in [0.1, 0.15) is 6.10 Å². The van der Waals surface area contributed by atoms with Crippen LogP contribution in [0.3, 0.4) is 0 Å². The maximum absolute atomic E-state index is 10.7. The number of aliphatic imine (C=N–C) groups is 1. The SMILES string of the molecule is NC(=O)OC1CCCCC=NCCCCC1. The zero-order valence-electron chi connectivity index (χ0n) is 9.86. The van der Waals surface area contributed by atoms with E-state index in [1.807, 2.05) is 6.21 Å². The van der Waals surface area contributed by atoms with Gasteiger partial charge in [-0.2, -0.15) is 0 Å². The molecular formula is C12H22N2O2. The van der Waals surface area contributed by atoms with Crippen LogP contribution in [-0.2, 0) is 4.74 Å². The van der Waals surface area contributed by atoms with E-state index < -0.39 is 6.09 Å². The second kappa shape index (κ2) is 8.13. The molecule has 2 N–H and O–H groups in total. The number of carbonyl (C=O) groups is 1. The molecule has 0 bridgehead atoms. The monoisotopic (exact) mass is 226 g/mol. The number of hydrogen-bond donors (Lipinski definition) is 1. The van der Waals surface area contributed by atoms with Crippen LogP contribution in [0.5, 0.6) is 0 Å². The van der Waals surface area contributed by atoms with Gasteiger partial charge in [0, 0.05) is 6.54 Å². The van der Waals surface area contributed by atoms with Crippen LogP contribution in [0.25, 0.3) is 0 Å². The van der Waals surface area contributed by atoms with Crippen molar-refractivity contribution in [1.82, 2.24) is 0 Å². The quantitative estimate of drug-likeness (QED) is 0.747. The van der Waals surface area contributed by atoms with Gasteiger partial charge in [0.15, 0.2) is 0 Å². The van der Waals surface area contributed by atoms with E-state index >= 15 is 0 Å². The summed E-state index contributed by atoms with van der Waals surface area (Å²) in [6.45, 7) is 0.932. The fourth-order valence-electron chi connectivity index (χ4n) is 1.97. The molecule has 0 radical (unpaired) electrons. The minimum absolute atomic E-state index is 0.0221. The molecule has 0 saturated heterocycles. The van der Waals surface area contributed by atoms with Crippen molar-refractivity contribution in [2.45, 2.75) is 57.5 Å². The topological polar surface area (TPSA) is 64.7 Å². The molecule has 0 saturated carbocycles. The maximum atomic E-state index is 10.7. The van der Waals surface area contributed by atoms with Crippen molar-refractivity contribution in [3.63, 3.8) is 0 Å². The molecule has 1 unspecified atom stereocenters. The van der Waals surface area contributed by atoms with Gasteiger partial charge in [0.25, 0.3) is 0 Å². The summed E-state index contributed by atoms with van der Waals surface area (Å²) in [7, 11) is 0. The molecule has 1 atom stereocenters. The van der Waals surface area contributed by atoms with Crippen molar-refractivity contribution < 1.29 is 9.53 Å². The highest BCUT2D eigenvalue weighted by molar-refractivity contribution is 5.64. The van der Waals surface area contributed by atoms with Crippen molar-refractivity contribution in [2.24, 2.45) is 10.7 Å². The van der Waals surface area contributed by atoms with E-state index in [9.17, 15) is 4.79 Å². The number of carbonyl (C=O) groups excluding carboxylic acids is 1. The number of rotatable bonds is 1. The Bertz CT molecular complexity index is 229. The lowest BCUT2D eigenvalue weighted by Gasteiger charge is -2.16. The van der Waals surface area contributed by atoms with Gasteiger partial charge in [0.2, 0.25) is 0 Å². The molecule has 1 rings (SSSR count). The normalized spacial score (nSPS) is 24.1. The molecule has 4 heteroatoms. The zero-order chi connectivity index (χ0) is 11.6. The molecular weight excluding hydrogens is 204 g/mol. The third-order valence-electron chi connectivity index (χ3n) is 2.83. The zero-order valence-corrected chi connectivity index (χ0v) is 9.86. The first-order valence-corrected chi connectivity index (χ1v) is 6.23. The molecule has 0 spiro atoms. The van der Waals surface area contributed by atoms with Crippen LogP contribution < -0.4 is 5.73 Å². The Morgan fingerprint density at radius 2 is 1.94 bits per heavy atom. The molecule has 4 nitrogen and oxygen atoms in total. The molecule has 0 fully saturated rings. The molecule has 1 aliphatic rings. The maximum Gasteiger partial charge on any atom is 0.404 e. The summed E-state index contributed by atoms with van der Waals surface area (Å²) >= 11 is 0. The predicted molar refractivity (Wildman–Crippen MR) is 64.8 cm³/mol. The van der Waals surface area contributed by atoms with E-state index in [0.29, 0.717) is 0 Å². The fourth-order valence-corrected chi connectivity index (χ4v) is 1.97. The van der Waals surface area contributed by atoms with Gasteiger partial charge in [-0.25, -0.2) is 4.79 Å². The van der Waals surface area contributed by atoms with Crippen molar-refractivity contribution in [3.05, 3.63) is 0 Å². The van der Waals surface area contributed by atoms with Crippen LogP contribution in [0, 0.1) is 0 Å². The number of nitrogens with zero attached hydrogens (tertiary/aromatic N) is 1. The van der Waals surface area contributed by atoms with E-state index in [2.05, 4.69) is 4.99 Å². The van der Waals surface area contributed by atoms with Crippen molar-refractivity contribution in [3.8, 4) is 0 Å². The first-order chi connectivity index (χ1) is 7.79. The molecule has 0 aromatic rings. The van der Waals surface area contributed by atoms with Gasteiger partial charge in [0.05, 0.1) is 0 Å². The molecule has 1 heterocycles. The highest BCUT2D eigenvalue weighted by atomic mass is 16.6. The van der Waals surface area contributed by atoms with E-state index in [1.54, 1.807) is 0 Å². The first kappa shape index (κ1) is 13.0. The smallest absolute Gasteiger partial charge is 0.404 e. The van der Waals surface area contributed by atoms with Crippen LogP contribution in [0.2, 0.25) is 0 Å². The van der Waals surface area contributed by atoms with Crippen molar-refractivity contribution in [1.29, 1.82) is 0 Å². The average Bonchev–Trinajstić information content (AvgIpc) is 2.21. The van der Waals surface area contributed by atoms with Crippen LogP contribution >= 0.6 is 0 Å². The Labute approximate surface area is 97.3 Å². The lowest BCUT2D eigenvalue weighted by Crippen LogP contribution is -2.22. The van der Waals surface area contributed by atoms with Gasteiger partial charge in [-0.15, -0.1) is 0 Å². The molecule has 0 aliphatic carbocycles. The molecule has 0 aromatic heterocycles. The summed E-state index contributed by atoms with van der Waals surface area (Å²) in [6.07, 6.45) is 9.85. The molecule has 92 valence electrons. The molecule has 16 heavy (non-hydrogen) atoms. The third kappa shape index (κ3) is 6.43. The second-order valence-electron chi connectivity index (χ2n) is 4.28. The van der Waals surface area contributed by atoms with Crippen molar-refractivity contribution >= 4 is 12.3 Å². The minimum Gasteiger partial charge on any atom is -0.446 e. The predicted octanol–water partition coefficient (Wildman–Crippen LogP) is 2.66. The number of hydrogen-bond acceptors (Lipinski definition) is 3. The Balaban J connectivity index is 2.33. The third-order valence-corrected chi connectivity index (χ3v) is 2.83. The average molecular weight is 226 g/mol. The Morgan fingerprint density at radius 3 is 2.69 bits per heavy atom. The van der Waals surface area contributed by atoms with Crippen molar-refractivity contribution in [2.75, 3.05) is 6.54 Å². The van der Waals surface area contributed by atoms with E-state index in [-0.39, 0.29) is 6.10 Å². The number of ether oxygens (including phenoxy) is 1. The van der Waals surface area contributed by atoms with Gasteiger partial charge in [-0.3, -0.25) is 4.99 Å². The highest BCUT2D eigenvalue weighted by Gasteiger charge is 2.11. The Hall–Kier alpha value is -1.06. The Morgan fingerprint density at radius 1 is 1.19 bits per heavy atom. The Kier molecular flexibility index (Phi) is 6.61. The number of primary amides is 1. The lowest BCUT2D eigenvalue weighted by molar-refractivity contribution is 0.0924. The van der Waals surface area contributed by atoms with Gasteiger partial charge in [-0.05, 0) is 51.2 Å². The standard InChI is InChI=1S/C12H22N2O2/c13-12(15)16-11-7-3-1-5-9-14-10-6-2-4-8-11/h9,11H,1-8,10H2,(H2,13,15). The first-order valence-electron chi connectivity index (χ1n) is 6.23. The minimum atomic E-state index is -0.640. The number of nitrogens with two attached hydrogens (primary N) is 1. The second-order valence-corrected chi connectivity index (χ2v) is 4.28. The molecule has 0 aromatic carbocycles. The van der Waals surface area contributed by atoms with E-state index in [4.69, 9.17) is 10.5 Å². The van der Waals surface area contributed by atoms with E-state index in [0.717, 1.165) is 57.9 Å². The summed E-state index contributed by atoms with van der Waals surface area (Å²) in [5.74, 6) is 0. The number of amides is 1. The van der Waals surface area contributed by atoms with Gasteiger partial charge in [-0.1, -0.05) is 6.42 Å². The van der Waals surface area contributed by atoms with Crippen LogP contribution in [-0.4, -0.2) is 25.0 Å². The highest BCUT2D eigenvalue weighted by Crippen LogP contribution is 2.14. The van der Waals surface area contributed by atoms with E-state index in [1.165, 1.54) is 0 Å². The van der Waals surface area contributed by atoms with Crippen LogP contribution in [0.1, 0.15) is 51.4 Å². The largest absolute Gasteiger partial charge is 0.446 e. The molecule has 1 amide bonds. The van der Waals surface area contributed by atoms with Gasteiger partial charge < -0.3 is 10.5 Å². The summed E-state index contributed by atoms with van der Waals surface area (Å²) in [5.41, 5.74) is 5.06. The fraction of sp³-hybridized carbons (Fsp3) is 0.833. The lowest BCUT2D eigenvalue weighted by atomic mass is 10.0. The van der Waals surface area contributed by atoms with Gasteiger partial charge >= 0.3 is 6.09 Å². The summed E-state index contributed by atoms with van der Waals surface area (Å²) < 4.78 is 5.10. The molecule has 1 aliphatic heterocycles.